The number of rotatable bonds is 8. The number of ether oxygens (including phenoxy) is 8. The minimum atomic E-state index is -2.41. The molecule has 0 radical (unpaired) electrons. The van der Waals surface area contributed by atoms with E-state index in [1.807, 2.05) is 0 Å². The van der Waals surface area contributed by atoms with E-state index in [9.17, 15) is 33.9 Å². The van der Waals surface area contributed by atoms with Crippen molar-refractivity contribution in [2.45, 2.75) is 116 Å². The highest BCUT2D eigenvalue weighted by atomic mass is 16.7. The minimum Gasteiger partial charge on any atom is -0.459 e. The van der Waals surface area contributed by atoms with E-state index >= 15 is 0 Å². The second kappa shape index (κ2) is 13.8. The van der Waals surface area contributed by atoms with Crippen LogP contribution in [-0.2, 0) is 66.7 Å². The summed E-state index contributed by atoms with van der Waals surface area (Å²) in [4.78, 5) is 78.1. The Morgan fingerprint density at radius 1 is 0.939 bits per heavy atom. The first-order chi connectivity index (χ1) is 22.7. The Kier molecular flexibility index (Phi) is 10.7. The van der Waals surface area contributed by atoms with Crippen molar-refractivity contribution in [1.29, 1.82) is 0 Å². The molecule has 0 aromatic carbocycles. The number of epoxide rings is 1. The predicted molar refractivity (Wildman–Crippen MR) is 165 cm³/mol. The van der Waals surface area contributed by atoms with Gasteiger partial charge in [-0.2, -0.15) is 0 Å². The molecule has 4 rings (SSSR count). The molecule has 1 N–H and O–H groups in total. The molecule has 2 heterocycles. The molecule has 2 aliphatic heterocycles. The number of esters is 6. The number of hydrogen-bond donors (Lipinski definition) is 1. The summed E-state index contributed by atoms with van der Waals surface area (Å²) in [5.74, 6) is -7.92. The normalized spacial score (nSPS) is 40.3. The lowest BCUT2D eigenvalue weighted by molar-refractivity contribution is -0.283. The lowest BCUT2D eigenvalue weighted by Gasteiger charge is -2.59. The van der Waals surface area contributed by atoms with E-state index in [1.165, 1.54) is 33.1 Å². The first-order valence-corrected chi connectivity index (χ1v) is 16.1. The van der Waals surface area contributed by atoms with Crippen LogP contribution in [0.5, 0.6) is 0 Å². The summed E-state index contributed by atoms with van der Waals surface area (Å²) in [5, 5.41) is 12.9. The van der Waals surface area contributed by atoms with Gasteiger partial charge in [-0.1, -0.05) is 33.4 Å². The third kappa shape index (κ3) is 6.72. The number of carbonyl (C=O) groups excluding carboxylic acids is 6. The van der Waals surface area contributed by atoms with Gasteiger partial charge >= 0.3 is 35.8 Å². The molecule has 2 saturated heterocycles. The van der Waals surface area contributed by atoms with E-state index in [-0.39, 0.29) is 24.5 Å². The largest absolute Gasteiger partial charge is 0.459 e. The highest BCUT2D eigenvalue weighted by molar-refractivity contribution is 5.78. The molecule has 1 unspecified atom stereocenters. The van der Waals surface area contributed by atoms with E-state index in [0.29, 0.717) is 0 Å². The molecular weight excluding hydrogens is 648 g/mol. The summed E-state index contributed by atoms with van der Waals surface area (Å²) in [6.07, 6.45) is -7.83. The first kappa shape index (κ1) is 38.0. The van der Waals surface area contributed by atoms with Gasteiger partial charge in [-0.3, -0.25) is 28.8 Å². The molecule has 0 amide bonds. The van der Waals surface area contributed by atoms with Crippen LogP contribution in [-0.4, -0.2) is 109 Å². The number of methoxy groups -OCH3 is 1. The number of carbonyl (C=O) groups is 6. The molecule has 0 aromatic rings. The van der Waals surface area contributed by atoms with Crippen molar-refractivity contribution < 1.29 is 71.8 Å². The molecule has 4 aliphatic rings. The van der Waals surface area contributed by atoms with Gasteiger partial charge < -0.3 is 43.0 Å². The summed E-state index contributed by atoms with van der Waals surface area (Å²) in [6.45, 7) is 14.8. The van der Waals surface area contributed by atoms with Gasteiger partial charge in [0.05, 0.1) is 17.9 Å². The van der Waals surface area contributed by atoms with Crippen molar-refractivity contribution >= 4 is 35.8 Å². The van der Waals surface area contributed by atoms with E-state index in [2.05, 4.69) is 6.58 Å². The maximum absolute atomic E-state index is 13.6. The lowest BCUT2D eigenvalue weighted by Crippen LogP contribution is -2.76. The van der Waals surface area contributed by atoms with Crippen molar-refractivity contribution in [3.63, 3.8) is 0 Å². The first-order valence-electron chi connectivity index (χ1n) is 16.1. The number of aliphatic hydroxyl groups is 1. The minimum absolute atomic E-state index is 0.0942. The molecule has 15 heteroatoms. The van der Waals surface area contributed by atoms with Crippen molar-refractivity contribution in [3.8, 4) is 0 Å². The van der Waals surface area contributed by atoms with Crippen LogP contribution in [0.1, 0.15) is 61.8 Å². The Morgan fingerprint density at radius 2 is 1.49 bits per heavy atom. The number of hydrogen-bond acceptors (Lipinski definition) is 15. The van der Waals surface area contributed by atoms with Crippen molar-refractivity contribution in [3.05, 3.63) is 24.3 Å². The fraction of sp³-hybridized carbons (Fsp3) is 0.706. The number of fused-ring (bicyclic) bond motifs is 3. The van der Waals surface area contributed by atoms with Gasteiger partial charge in [0.15, 0.2) is 30.0 Å². The fourth-order valence-electron chi connectivity index (χ4n) is 7.80. The molecule has 1 spiro atoms. The zero-order valence-corrected chi connectivity index (χ0v) is 29.2. The average Bonchev–Trinajstić information content (AvgIpc) is 3.73. The van der Waals surface area contributed by atoms with Crippen molar-refractivity contribution in [2.24, 2.45) is 23.2 Å². The second-order valence-electron chi connectivity index (χ2n) is 13.8. The van der Waals surface area contributed by atoms with E-state index < -0.39 is 107 Å². The van der Waals surface area contributed by atoms with Crippen LogP contribution in [0.4, 0.5) is 0 Å². The molecule has 3 fully saturated rings. The maximum atomic E-state index is 13.6. The predicted octanol–water partition coefficient (Wildman–Crippen LogP) is 1.51. The third-order valence-electron chi connectivity index (χ3n) is 9.88. The smallest absolute Gasteiger partial charge is 0.312 e. The lowest BCUT2D eigenvalue weighted by atomic mass is 9.51. The van der Waals surface area contributed by atoms with Crippen LogP contribution in [0.2, 0.25) is 0 Å². The standard InChI is InChI=1S/C34H46O15/c1-15(2)13-23(39)48-27-25(45-19(6)36)28(46-20(7)37)33(14-43-33)26-30(47-21(8)38)34(41)17(4)31(40)49-29(34)24(42-10)16(3)11-12-22(32(26,27)9)44-18(5)35/h11-12,15,17,22,24-30,41H,3,13-14H2,1-2,4-10H3/b12-11-/t17-,22?,24+,25+,26+,27-,28+,29-,30-,32+,33-,34-/m0/s1. The van der Waals surface area contributed by atoms with E-state index in [4.69, 9.17) is 37.9 Å². The Balaban J connectivity index is 2.18. The quantitative estimate of drug-likeness (QED) is 0.218. The molecule has 1 saturated carbocycles. The van der Waals surface area contributed by atoms with Crippen molar-refractivity contribution in [2.75, 3.05) is 13.7 Å². The molecule has 0 aromatic heterocycles. The maximum Gasteiger partial charge on any atom is 0.312 e. The van der Waals surface area contributed by atoms with Crippen LogP contribution in [0.25, 0.3) is 0 Å². The van der Waals surface area contributed by atoms with Crippen LogP contribution < -0.4 is 0 Å². The van der Waals surface area contributed by atoms with Gasteiger partial charge in [-0.25, -0.2) is 0 Å². The Labute approximate surface area is 284 Å². The summed E-state index contributed by atoms with van der Waals surface area (Å²) in [6, 6.07) is 0. The topological polar surface area (TPSA) is 200 Å². The molecule has 49 heavy (non-hydrogen) atoms. The summed E-state index contributed by atoms with van der Waals surface area (Å²) < 4.78 is 47.2. The molecule has 2 aliphatic carbocycles. The molecule has 12 atom stereocenters. The zero-order valence-electron chi connectivity index (χ0n) is 29.2. The van der Waals surface area contributed by atoms with Crippen molar-refractivity contribution in [1.82, 2.24) is 0 Å². The van der Waals surface area contributed by atoms with E-state index in [0.717, 1.165) is 27.7 Å². The van der Waals surface area contributed by atoms with Gasteiger partial charge in [0.25, 0.3) is 0 Å². The van der Waals surface area contributed by atoms with Crippen LogP contribution in [0.3, 0.4) is 0 Å². The van der Waals surface area contributed by atoms with Crippen LogP contribution in [0, 0.1) is 23.2 Å². The summed E-state index contributed by atoms with van der Waals surface area (Å²) in [7, 11) is 1.30. The monoisotopic (exact) mass is 694 g/mol. The fourth-order valence-corrected chi connectivity index (χ4v) is 7.80. The van der Waals surface area contributed by atoms with Crippen LogP contribution in [0.15, 0.2) is 24.3 Å². The SMILES string of the molecule is C=C1/C=C\C(OC(C)=O)[C@@]2(C)[C@@H](OC(=O)CC(C)C)[C@@H](OC(C)=O)[C@@H](OC(C)=O)[C@]3(CO3)[C@@H]2[C@H](OC(C)=O)[C@]2(O)[C@@H](C)C(=O)O[C@H]2[C@@H]1OC. The van der Waals surface area contributed by atoms with E-state index in [1.54, 1.807) is 13.8 Å². The van der Waals surface area contributed by atoms with Gasteiger partial charge in [0, 0.05) is 47.1 Å². The molecule has 0 bridgehead atoms. The highest BCUT2D eigenvalue weighted by Gasteiger charge is 2.81. The Bertz CT molecular complexity index is 1410. The van der Waals surface area contributed by atoms with Gasteiger partial charge in [0.2, 0.25) is 0 Å². The summed E-state index contributed by atoms with van der Waals surface area (Å²) >= 11 is 0. The second-order valence-corrected chi connectivity index (χ2v) is 13.8. The third-order valence-corrected chi connectivity index (χ3v) is 9.88. The summed E-state index contributed by atoms with van der Waals surface area (Å²) in [5.41, 5.74) is -5.82. The molecular formula is C34H46O15. The average molecular weight is 695 g/mol. The Hall–Kier alpha value is -3.82. The molecule has 272 valence electrons. The van der Waals surface area contributed by atoms with Crippen LogP contribution >= 0.6 is 0 Å². The van der Waals surface area contributed by atoms with Gasteiger partial charge in [-0.05, 0) is 24.5 Å². The highest BCUT2D eigenvalue weighted by Crippen LogP contribution is 2.63. The Morgan fingerprint density at radius 3 is 1.98 bits per heavy atom. The van der Waals surface area contributed by atoms with Gasteiger partial charge in [0.1, 0.15) is 23.9 Å². The molecule has 15 nitrogen and oxygen atoms in total. The zero-order chi connectivity index (χ0) is 36.8. The van der Waals surface area contributed by atoms with Gasteiger partial charge in [-0.15, -0.1) is 0 Å².